The molecule has 2 aromatic heterocycles. The Labute approximate surface area is 103 Å². The fraction of sp³-hybridized carbons (Fsp3) is 0.273. The highest BCUT2D eigenvalue weighted by molar-refractivity contribution is 7.11. The standard InChI is InChI=1S/C11H11N5S/c1-7-3-9(4-12)16-11(15-7)14-6-10-13-5-8(2)17-10/h3,5H,6H2,1-2H3,(H,14,15,16). The van der Waals surface area contributed by atoms with E-state index >= 15 is 0 Å². The van der Waals surface area contributed by atoms with Crippen molar-refractivity contribution in [3.63, 3.8) is 0 Å². The molecule has 0 aliphatic carbocycles. The van der Waals surface area contributed by atoms with E-state index in [1.807, 2.05) is 26.1 Å². The Bertz CT molecular complexity index is 569. The molecule has 86 valence electrons. The molecule has 6 heteroatoms. The third-order valence-corrected chi connectivity index (χ3v) is 2.95. The maximum atomic E-state index is 8.80. The minimum Gasteiger partial charge on any atom is -0.348 e. The van der Waals surface area contributed by atoms with E-state index in [1.165, 1.54) is 4.88 Å². The lowest BCUT2D eigenvalue weighted by molar-refractivity contribution is 1.01. The summed E-state index contributed by atoms with van der Waals surface area (Å²) in [5.41, 5.74) is 1.14. The molecule has 5 nitrogen and oxygen atoms in total. The van der Waals surface area contributed by atoms with Crippen molar-refractivity contribution in [2.45, 2.75) is 20.4 Å². The summed E-state index contributed by atoms with van der Waals surface area (Å²) in [6.07, 6.45) is 1.83. The van der Waals surface area contributed by atoms with Gasteiger partial charge in [-0.3, -0.25) is 0 Å². The molecule has 2 heterocycles. The van der Waals surface area contributed by atoms with Gasteiger partial charge in [0.1, 0.15) is 16.8 Å². The van der Waals surface area contributed by atoms with Crippen LogP contribution in [0.5, 0.6) is 0 Å². The van der Waals surface area contributed by atoms with Crippen LogP contribution in [0.4, 0.5) is 5.95 Å². The zero-order valence-corrected chi connectivity index (χ0v) is 10.4. The summed E-state index contributed by atoms with van der Waals surface area (Å²) < 4.78 is 0. The molecule has 0 bridgehead atoms. The van der Waals surface area contributed by atoms with Gasteiger partial charge in [-0.25, -0.2) is 15.0 Å². The van der Waals surface area contributed by atoms with Crippen molar-refractivity contribution >= 4 is 17.3 Å². The molecular formula is C11H11N5S. The van der Waals surface area contributed by atoms with Crippen LogP contribution in [-0.2, 0) is 6.54 Å². The zero-order chi connectivity index (χ0) is 12.3. The molecule has 0 aliphatic heterocycles. The predicted molar refractivity (Wildman–Crippen MR) is 65.7 cm³/mol. The van der Waals surface area contributed by atoms with Crippen LogP contribution >= 0.6 is 11.3 Å². The smallest absolute Gasteiger partial charge is 0.224 e. The van der Waals surface area contributed by atoms with Crippen LogP contribution in [0.2, 0.25) is 0 Å². The number of nitriles is 1. The molecule has 17 heavy (non-hydrogen) atoms. The highest BCUT2D eigenvalue weighted by Gasteiger charge is 2.03. The summed E-state index contributed by atoms with van der Waals surface area (Å²) in [4.78, 5) is 13.7. The molecule has 2 aromatic rings. The molecule has 2 rings (SSSR count). The zero-order valence-electron chi connectivity index (χ0n) is 9.56. The van der Waals surface area contributed by atoms with Crippen LogP contribution in [-0.4, -0.2) is 15.0 Å². The van der Waals surface area contributed by atoms with Crippen LogP contribution in [0.1, 0.15) is 21.3 Å². The molecule has 0 amide bonds. The van der Waals surface area contributed by atoms with Gasteiger partial charge >= 0.3 is 0 Å². The number of aryl methyl sites for hydroxylation is 2. The van der Waals surface area contributed by atoms with Crippen molar-refractivity contribution in [1.82, 2.24) is 15.0 Å². The summed E-state index contributed by atoms with van der Waals surface area (Å²) >= 11 is 1.63. The Morgan fingerprint density at radius 1 is 1.41 bits per heavy atom. The van der Waals surface area contributed by atoms with Gasteiger partial charge in [0.15, 0.2) is 0 Å². The minimum atomic E-state index is 0.371. The van der Waals surface area contributed by atoms with E-state index in [4.69, 9.17) is 5.26 Å². The molecule has 0 atom stereocenters. The number of hydrogen-bond acceptors (Lipinski definition) is 6. The number of aromatic nitrogens is 3. The van der Waals surface area contributed by atoms with Crippen LogP contribution < -0.4 is 5.32 Å². The lowest BCUT2D eigenvalue weighted by atomic mass is 10.3. The van der Waals surface area contributed by atoms with Gasteiger partial charge in [-0.15, -0.1) is 11.3 Å². The Morgan fingerprint density at radius 3 is 2.88 bits per heavy atom. The molecule has 0 radical (unpaired) electrons. The second kappa shape index (κ2) is 4.89. The van der Waals surface area contributed by atoms with Crippen LogP contribution in [0, 0.1) is 25.2 Å². The number of nitrogens with zero attached hydrogens (tertiary/aromatic N) is 4. The minimum absolute atomic E-state index is 0.371. The third-order valence-electron chi connectivity index (χ3n) is 2.04. The van der Waals surface area contributed by atoms with Gasteiger partial charge in [-0.1, -0.05) is 0 Å². The maximum Gasteiger partial charge on any atom is 0.224 e. The van der Waals surface area contributed by atoms with Crippen molar-refractivity contribution in [2.24, 2.45) is 0 Å². The van der Waals surface area contributed by atoms with Crippen molar-refractivity contribution < 1.29 is 0 Å². The molecule has 0 aliphatic rings. The summed E-state index contributed by atoms with van der Waals surface area (Å²) in [6.45, 7) is 4.42. The van der Waals surface area contributed by atoms with Gasteiger partial charge in [-0.05, 0) is 19.9 Å². The Kier molecular flexibility index (Phi) is 3.30. The average Bonchev–Trinajstić information content (AvgIpc) is 2.72. The summed E-state index contributed by atoms with van der Waals surface area (Å²) in [6, 6.07) is 3.66. The van der Waals surface area contributed by atoms with E-state index in [9.17, 15) is 0 Å². The molecular weight excluding hydrogens is 234 g/mol. The second-order valence-corrected chi connectivity index (χ2v) is 4.87. The van der Waals surface area contributed by atoms with E-state index in [2.05, 4.69) is 20.3 Å². The van der Waals surface area contributed by atoms with Crippen molar-refractivity contribution in [3.8, 4) is 6.07 Å². The Balaban J connectivity index is 2.09. The largest absolute Gasteiger partial charge is 0.348 e. The van der Waals surface area contributed by atoms with Crippen molar-refractivity contribution in [3.05, 3.63) is 33.5 Å². The number of hydrogen-bond donors (Lipinski definition) is 1. The summed E-state index contributed by atoms with van der Waals surface area (Å²) in [5, 5.41) is 12.8. The van der Waals surface area contributed by atoms with Gasteiger partial charge in [0, 0.05) is 16.8 Å². The number of rotatable bonds is 3. The topological polar surface area (TPSA) is 74.5 Å². The molecule has 0 fully saturated rings. The molecule has 0 saturated carbocycles. The summed E-state index contributed by atoms with van der Waals surface area (Å²) in [7, 11) is 0. The quantitative estimate of drug-likeness (QED) is 0.895. The van der Waals surface area contributed by atoms with Gasteiger partial charge in [-0.2, -0.15) is 5.26 Å². The first-order valence-electron chi connectivity index (χ1n) is 5.08. The third kappa shape index (κ3) is 2.98. The van der Waals surface area contributed by atoms with Gasteiger partial charge in [0.05, 0.1) is 6.54 Å². The van der Waals surface area contributed by atoms with Crippen LogP contribution in [0.15, 0.2) is 12.3 Å². The normalized spacial score (nSPS) is 9.94. The molecule has 0 unspecified atom stereocenters. The van der Waals surface area contributed by atoms with E-state index in [1.54, 1.807) is 17.4 Å². The second-order valence-electron chi connectivity index (χ2n) is 3.55. The molecule has 0 aromatic carbocycles. The van der Waals surface area contributed by atoms with E-state index in [-0.39, 0.29) is 0 Å². The van der Waals surface area contributed by atoms with Crippen molar-refractivity contribution in [2.75, 3.05) is 5.32 Å². The van der Waals surface area contributed by atoms with E-state index in [0.29, 0.717) is 18.2 Å². The monoisotopic (exact) mass is 245 g/mol. The fourth-order valence-electron chi connectivity index (χ4n) is 1.34. The first-order chi connectivity index (χ1) is 8.17. The molecule has 0 spiro atoms. The lowest BCUT2D eigenvalue weighted by Crippen LogP contribution is -2.05. The predicted octanol–water partition coefficient (Wildman–Crippen LogP) is 2.03. The van der Waals surface area contributed by atoms with Gasteiger partial charge < -0.3 is 5.32 Å². The van der Waals surface area contributed by atoms with Crippen LogP contribution in [0.25, 0.3) is 0 Å². The fourth-order valence-corrected chi connectivity index (χ4v) is 2.07. The van der Waals surface area contributed by atoms with E-state index in [0.717, 1.165) is 10.7 Å². The number of nitrogens with one attached hydrogen (secondary N) is 1. The number of anilines is 1. The Hall–Kier alpha value is -2.00. The van der Waals surface area contributed by atoms with Gasteiger partial charge in [0.25, 0.3) is 0 Å². The molecule has 1 N–H and O–H groups in total. The van der Waals surface area contributed by atoms with Crippen LogP contribution in [0.3, 0.4) is 0 Å². The Morgan fingerprint density at radius 2 is 2.24 bits per heavy atom. The number of thiazole rings is 1. The van der Waals surface area contributed by atoms with Crippen molar-refractivity contribution in [1.29, 1.82) is 5.26 Å². The first kappa shape index (κ1) is 11.5. The maximum absolute atomic E-state index is 8.80. The SMILES string of the molecule is Cc1cc(C#N)nc(NCc2ncc(C)s2)n1. The lowest BCUT2D eigenvalue weighted by Gasteiger charge is -2.03. The average molecular weight is 245 g/mol. The van der Waals surface area contributed by atoms with E-state index < -0.39 is 0 Å². The molecule has 0 saturated heterocycles. The highest BCUT2D eigenvalue weighted by Crippen LogP contribution is 2.12. The highest BCUT2D eigenvalue weighted by atomic mass is 32.1. The van der Waals surface area contributed by atoms with Gasteiger partial charge in [0.2, 0.25) is 5.95 Å². The first-order valence-corrected chi connectivity index (χ1v) is 5.90. The summed E-state index contributed by atoms with van der Waals surface area (Å²) in [5.74, 6) is 0.467.